The molecular weight excluding hydrogens is 771 g/mol. The van der Waals surface area contributed by atoms with Gasteiger partial charge in [0.25, 0.3) is 0 Å². The predicted molar refractivity (Wildman–Crippen MR) is 257 cm³/mol. The van der Waals surface area contributed by atoms with E-state index in [0.29, 0.717) is 17.5 Å². The molecule has 0 atom stereocenters. The summed E-state index contributed by atoms with van der Waals surface area (Å²) in [6, 6.07) is 80.5. The highest BCUT2D eigenvalue weighted by atomic mass is 32.1. The zero-order chi connectivity index (χ0) is 41.0. The normalized spacial score (nSPS) is 12.6. The van der Waals surface area contributed by atoms with E-state index in [0.717, 1.165) is 44.3 Å². The summed E-state index contributed by atoms with van der Waals surface area (Å²) in [5.74, 6) is 1.91. The van der Waals surface area contributed by atoms with E-state index in [9.17, 15) is 0 Å². The van der Waals surface area contributed by atoms with Crippen LogP contribution in [0.4, 0.5) is 0 Å². The van der Waals surface area contributed by atoms with E-state index < -0.39 is 5.41 Å². The van der Waals surface area contributed by atoms with Crippen LogP contribution in [0.1, 0.15) is 22.3 Å². The van der Waals surface area contributed by atoms with Gasteiger partial charge in [-0.2, -0.15) is 0 Å². The van der Waals surface area contributed by atoms with Crippen LogP contribution in [0.25, 0.3) is 87.7 Å². The van der Waals surface area contributed by atoms with Crippen molar-refractivity contribution in [2.24, 2.45) is 0 Å². The number of hydrogen-bond donors (Lipinski definition) is 0. The lowest BCUT2D eigenvalue weighted by molar-refractivity contribution is 0.770. The topological polar surface area (TPSA) is 38.7 Å². The molecule has 1 aliphatic rings. The standard InChI is InChI=1S/C58H37N3S/c1-4-17-38(18-5-1)40-21-14-23-42(35-40)55-59-56(43-24-15-22-41(36-43)39-19-6-2-7-20-39)61-57(60-55)48-29-16-32-53-54(48)49-37-45(33-34-52(49)62-53)58(44-25-8-3-9-26-44)50-30-12-10-27-46(50)47-28-11-13-31-51(47)58/h1-37H. The maximum atomic E-state index is 5.35. The van der Waals surface area contributed by atoms with Gasteiger partial charge in [0.15, 0.2) is 17.5 Å². The monoisotopic (exact) mass is 807 g/mol. The van der Waals surface area contributed by atoms with Gasteiger partial charge in [-0.1, -0.05) is 194 Å². The summed E-state index contributed by atoms with van der Waals surface area (Å²) in [7, 11) is 0. The summed E-state index contributed by atoms with van der Waals surface area (Å²) in [6.07, 6.45) is 0. The number of aromatic nitrogens is 3. The molecule has 0 spiro atoms. The Hall–Kier alpha value is -7.79. The number of thiophene rings is 1. The van der Waals surface area contributed by atoms with E-state index in [4.69, 9.17) is 15.0 Å². The van der Waals surface area contributed by atoms with Crippen LogP contribution in [0, 0.1) is 0 Å². The van der Waals surface area contributed by atoms with Gasteiger partial charge >= 0.3 is 0 Å². The molecule has 12 rings (SSSR count). The average molecular weight is 808 g/mol. The second-order valence-electron chi connectivity index (χ2n) is 15.9. The van der Waals surface area contributed by atoms with E-state index in [-0.39, 0.29) is 0 Å². The molecule has 4 heteroatoms. The molecular formula is C58H37N3S. The number of fused-ring (bicyclic) bond motifs is 6. The Morgan fingerprint density at radius 3 is 1.37 bits per heavy atom. The van der Waals surface area contributed by atoms with E-state index in [1.807, 2.05) is 23.5 Å². The first-order valence-electron chi connectivity index (χ1n) is 21.0. The first-order valence-corrected chi connectivity index (χ1v) is 21.8. The van der Waals surface area contributed by atoms with Crippen LogP contribution in [0.2, 0.25) is 0 Å². The Morgan fingerprint density at radius 2 is 0.774 bits per heavy atom. The molecule has 0 fully saturated rings. The molecule has 0 radical (unpaired) electrons. The maximum Gasteiger partial charge on any atom is 0.164 e. The molecule has 290 valence electrons. The van der Waals surface area contributed by atoms with Crippen LogP contribution in [0.15, 0.2) is 224 Å². The van der Waals surface area contributed by atoms with Gasteiger partial charge in [0.1, 0.15) is 0 Å². The summed E-state index contributed by atoms with van der Waals surface area (Å²) in [4.78, 5) is 15.9. The molecule has 0 bridgehead atoms. The van der Waals surface area contributed by atoms with Crippen molar-refractivity contribution < 1.29 is 0 Å². The minimum absolute atomic E-state index is 0.507. The molecule has 9 aromatic carbocycles. The molecule has 0 saturated carbocycles. The Morgan fingerprint density at radius 1 is 0.306 bits per heavy atom. The van der Waals surface area contributed by atoms with Gasteiger partial charge < -0.3 is 0 Å². The lowest BCUT2D eigenvalue weighted by Crippen LogP contribution is -2.28. The highest BCUT2D eigenvalue weighted by Gasteiger charge is 2.46. The summed E-state index contributed by atoms with van der Waals surface area (Å²) < 4.78 is 2.41. The van der Waals surface area contributed by atoms with Gasteiger partial charge in [-0.05, 0) is 86.0 Å². The molecule has 62 heavy (non-hydrogen) atoms. The molecule has 0 unspecified atom stereocenters. The summed E-state index contributed by atoms with van der Waals surface area (Å²) in [6.45, 7) is 0. The molecule has 1 aliphatic carbocycles. The largest absolute Gasteiger partial charge is 0.208 e. The lowest BCUT2D eigenvalue weighted by atomic mass is 9.67. The third-order valence-corrected chi connectivity index (χ3v) is 13.6. The fourth-order valence-electron chi connectivity index (χ4n) is 9.65. The molecule has 3 nitrogen and oxygen atoms in total. The maximum absolute atomic E-state index is 5.35. The number of benzene rings is 9. The summed E-state index contributed by atoms with van der Waals surface area (Å²) in [5, 5.41) is 2.34. The lowest BCUT2D eigenvalue weighted by Gasteiger charge is -2.34. The molecule has 2 heterocycles. The zero-order valence-electron chi connectivity index (χ0n) is 33.6. The Balaban J connectivity index is 1.09. The minimum atomic E-state index is -0.507. The van der Waals surface area contributed by atoms with Crippen molar-refractivity contribution in [2.45, 2.75) is 5.41 Å². The van der Waals surface area contributed by atoms with Crippen molar-refractivity contribution >= 4 is 31.5 Å². The van der Waals surface area contributed by atoms with E-state index >= 15 is 0 Å². The number of rotatable bonds is 7. The second-order valence-corrected chi connectivity index (χ2v) is 17.0. The predicted octanol–water partition coefficient (Wildman–Crippen LogP) is 14.9. The van der Waals surface area contributed by atoms with Crippen LogP contribution >= 0.6 is 11.3 Å². The van der Waals surface area contributed by atoms with E-state index in [2.05, 4.69) is 212 Å². The number of hydrogen-bond acceptors (Lipinski definition) is 4. The molecule has 11 aromatic rings. The van der Waals surface area contributed by atoms with Gasteiger partial charge in [-0.25, -0.2) is 15.0 Å². The summed E-state index contributed by atoms with van der Waals surface area (Å²) in [5.41, 5.74) is 14.5. The van der Waals surface area contributed by atoms with Crippen LogP contribution in [0.5, 0.6) is 0 Å². The van der Waals surface area contributed by atoms with Gasteiger partial charge in [-0.15, -0.1) is 11.3 Å². The first-order chi connectivity index (χ1) is 30.7. The third-order valence-electron chi connectivity index (χ3n) is 12.4. The minimum Gasteiger partial charge on any atom is -0.208 e. The average Bonchev–Trinajstić information content (AvgIpc) is 3.88. The van der Waals surface area contributed by atoms with Gasteiger partial charge in [0.2, 0.25) is 0 Å². The van der Waals surface area contributed by atoms with Gasteiger partial charge in [-0.3, -0.25) is 0 Å². The summed E-state index contributed by atoms with van der Waals surface area (Å²) >= 11 is 1.82. The van der Waals surface area contributed by atoms with E-state index in [1.54, 1.807) is 0 Å². The first kappa shape index (κ1) is 36.1. The van der Waals surface area contributed by atoms with Crippen molar-refractivity contribution in [3.63, 3.8) is 0 Å². The quantitative estimate of drug-likeness (QED) is 0.161. The van der Waals surface area contributed by atoms with Gasteiger partial charge in [0, 0.05) is 36.9 Å². The highest BCUT2D eigenvalue weighted by Crippen LogP contribution is 2.56. The van der Waals surface area contributed by atoms with Crippen molar-refractivity contribution in [3.05, 3.63) is 247 Å². The third kappa shape index (κ3) is 5.83. The smallest absolute Gasteiger partial charge is 0.164 e. The Bertz CT molecular complexity index is 3320. The molecule has 0 saturated heterocycles. The van der Waals surface area contributed by atoms with Crippen molar-refractivity contribution in [1.82, 2.24) is 15.0 Å². The number of nitrogens with zero attached hydrogens (tertiary/aromatic N) is 3. The Labute approximate surface area is 364 Å². The Kier molecular flexibility index (Phi) is 8.58. The zero-order valence-corrected chi connectivity index (χ0v) is 34.4. The van der Waals surface area contributed by atoms with E-state index in [1.165, 1.54) is 48.2 Å². The van der Waals surface area contributed by atoms with Crippen LogP contribution in [0.3, 0.4) is 0 Å². The molecule has 0 amide bonds. The van der Waals surface area contributed by atoms with Crippen LogP contribution in [-0.2, 0) is 5.41 Å². The molecule has 2 aromatic heterocycles. The SMILES string of the molecule is c1ccc(-c2cccc(-c3nc(-c4cccc(-c5ccccc5)c4)nc(-c4cccc5sc6ccc(C7(c8ccccc8)c8ccccc8-c8ccccc87)cc6c45)n3)c2)cc1. The highest BCUT2D eigenvalue weighted by molar-refractivity contribution is 7.25. The molecule has 0 N–H and O–H groups in total. The fraction of sp³-hybridized carbons (Fsp3) is 0.0172. The van der Waals surface area contributed by atoms with Crippen molar-refractivity contribution in [1.29, 1.82) is 0 Å². The molecule has 0 aliphatic heterocycles. The fourth-order valence-corrected chi connectivity index (χ4v) is 10.8. The van der Waals surface area contributed by atoms with Gasteiger partial charge in [0.05, 0.1) is 5.41 Å². The second kappa shape index (κ2) is 14.7. The van der Waals surface area contributed by atoms with Crippen molar-refractivity contribution in [3.8, 4) is 67.5 Å². The van der Waals surface area contributed by atoms with Crippen LogP contribution < -0.4 is 0 Å². The van der Waals surface area contributed by atoms with Crippen LogP contribution in [-0.4, -0.2) is 15.0 Å². The van der Waals surface area contributed by atoms with Crippen molar-refractivity contribution in [2.75, 3.05) is 0 Å².